The van der Waals surface area contributed by atoms with Gasteiger partial charge in [-0.05, 0) is 40.9 Å². The lowest BCUT2D eigenvalue weighted by molar-refractivity contribution is -0.124. The SMILES string of the molecule is CCC(=O)N(CC(=O)NC(Cc1ccsc1)B(O)O)c1ccccc1F. The second-order valence-electron chi connectivity index (χ2n) is 5.71. The summed E-state index contributed by atoms with van der Waals surface area (Å²) >= 11 is 1.46. The number of rotatable bonds is 8. The summed E-state index contributed by atoms with van der Waals surface area (Å²) in [5, 5.41) is 25.2. The number of para-hydroxylation sites is 1. The number of hydrogen-bond acceptors (Lipinski definition) is 5. The first-order valence-corrected chi connectivity index (χ1v) is 9.08. The van der Waals surface area contributed by atoms with Crippen LogP contribution in [0.15, 0.2) is 41.1 Å². The standard InChI is InChI=1S/C17H20BFN2O4S/c1-2-17(23)21(14-6-4-3-5-13(14)19)10-16(22)20-15(18(24)25)9-12-7-8-26-11-12/h3-8,11,15,24-25H,2,9-10H2,1H3,(H,20,22). The van der Waals surface area contributed by atoms with Crippen LogP contribution in [0.4, 0.5) is 10.1 Å². The van der Waals surface area contributed by atoms with Gasteiger partial charge in [-0.15, -0.1) is 0 Å². The Hall–Kier alpha value is -2.23. The normalized spacial score (nSPS) is 11.7. The van der Waals surface area contributed by atoms with E-state index in [0.29, 0.717) is 0 Å². The summed E-state index contributed by atoms with van der Waals surface area (Å²) in [6, 6.07) is 7.51. The molecule has 3 N–H and O–H groups in total. The maximum atomic E-state index is 14.0. The lowest BCUT2D eigenvalue weighted by Gasteiger charge is -2.24. The second-order valence-corrected chi connectivity index (χ2v) is 6.49. The number of benzene rings is 1. The van der Waals surface area contributed by atoms with Gasteiger partial charge in [0.2, 0.25) is 11.8 Å². The van der Waals surface area contributed by atoms with Crippen LogP contribution < -0.4 is 10.2 Å². The molecular weight excluding hydrogens is 358 g/mol. The molecule has 2 rings (SSSR count). The number of thiophene rings is 1. The highest BCUT2D eigenvalue weighted by Gasteiger charge is 2.28. The van der Waals surface area contributed by atoms with E-state index in [1.807, 2.05) is 16.8 Å². The third-order valence-electron chi connectivity index (χ3n) is 3.79. The van der Waals surface area contributed by atoms with Crippen LogP contribution in [0.25, 0.3) is 0 Å². The Morgan fingerprint density at radius 3 is 2.62 bits per heavy atom. The van der Waals surface area contributed by atoms with Crippen molar-refractivity contribution >= 4 is 36.0 Å². The first-order chi connectivity index (χ1) is 12.4. The first kappa shape index (κ1) is 20.1. The summed E-state index contributed by atoms with van der Waals surface area (Å²) in [6.45, 7) is 1.20. The summed E-state index contributed by atoms with van der Waals surface area (Å²) in [6.07, 6.45) is 0.330. The largest absolute Gasteiger partial charge is 0.475 e. The van der Waals surface area contributed by atoms with Crippen LogP contribution in [0.2, 0.25) is 0 Å². The van der Waals surface area contributed by atoms with Gasteiger partial charge in [0.25, 0.3) is 0 Å². The van der Waals surface area contributed by atoms with Crippen LogP contribution >= 0.6 is 11.3 Å². The molecule has 2 amide bonds. The number of carbonyl (C=O) groups is 2. The summed E-state index contributed by atoms with van der Waals surface area (Å²) in [7, 11) is -1.76. The van der Waals surface area contributed by atoms with Crippen molar-refractivity contribution in [2.75, 3.05) is 11.4 Å². The predicted molar refractivity (Wildman–Crippen MR) is 99.2 cm³/mol. The van der Waals surface area contributed by atoms with Gasteiger partial charge in [0, 0.05) is 6.42 Å². The molecule has 1 unspecified atom stereocenters. The third-order valence-corrected chi connectivity index (χ3v) is 4.52. The van der Waals surface area contributed by atoms with Gasteiger partial charge in [-0.2, -0.15) is 11.3 Å². The van der Waals surface area contributed by atoms with E-state index < -0.39 is 37.2 Å². The van der Waals surface area contributed by atoms with Crippen molar-refractivity contribution in [2.45, 2.75) is 25.7 Å². The molecular formula is C17H20BFN2O4S. The highest BCUT2D eigenvalue weighted by atomic mass is 32.1. The van der Waals surface area contributed by atoms with Gasteiger partial charge in [-0.25, -0.2) is 4.39 Å². The molecule has 1 heterocycles. The number of nitrogens with zero attached hydrogens (tertiary/aromatic N) is 1. The zero-order valence-corrected chi connectivity index (χ0v) is 15.1. The van der Waals surface area contributed by atoms with Gasteiger partial charge < -0.3 is 20.3 Å². The average molecular weight is 378 g/mol. The smallest absolute Gasteiger partial charge is 0.426 e. The van der Waals surface area contributed by atoms with Gasteiger partial charge >= 0.3 is 7.12 Å². The Morgan fingerprint density at radius 1 is 1.31 bits per heavy atom. The summed E-state index contributed by atoms with van der Waals surface area (Å²) in [5.41, 5.74) is 0.859. The summed E-state index contributed by atoms with van der Waals surface area (Å²) in [5.74, 6) is -2.57. The highest BCUT2D eigenvalue weighted by Crippen LogP contribution is 2.19. The molecule has 1 aromatic carbocycles. The molecule has 9 heteroatoms. The predicted octanol–water partition coefficient (Wildman–Crippen LogP) is 1.37. The van der Waals surface area contributed by atoms with E-state index in [-0.39, 0.29) is 18.5 Å². The molecule has 1 atom stereocenters. The van der Waals surface area contributed by atoms with Gasteiger partial charge in [0.05, 0.1) is 11.6 Å². The minimum Gasteiger partial charge on any atom is -0.426 e. The van der Waals surface area contributed by atoms with Crippen LogP contribution in [-0.4, -0.2) is 41.5 Å². The Kier molecular flexibility index (Phi) is 7.32. The molecule has 0 saturated heterocycles. The molecule has 0 aliphatic carbocycles. The molecule has 26 heavy (non-hydrogen) atoms. The van der Waals surface area contributed by atoms with Crippen molar-refractivity contribution in [3.63, 3.8) is 0 Å². The maximum Gasteiger partial charge on any atom is 0.475 e. The highest BCUT2D eigenvalue weighted by molar-refractivity contribution is 7.07. The van der Waals surface area contributed by atoms with Crippen LogP contribution in [-0.2, 0) is 16.0 Å². The van der Waals surface area contributed by atoms with Crippen molar-refractivity contribution in [3.8, 4) is 0 Å². The summed E-state index contributed by atoms with van der Waals surface area (Å²) < 4.78 is 14.0. The maximum absolute atomic E-state index is 14.0. The quantitative estimate of drug-likeness (QED) is 0.606. The molecule has 138 valence electrons. The molecule has 1 aromatic heterocycles. The summed E-state index contributed by atoms with van der Waals surface area (Å²) in [4.78, 5) is 25.6. The molecule has 6 nitrogen and oxygen atoms in total. The topological polar surface area (TPSA) is 89.9 Å². The van der Waals surface area contributed by atoms with Gasteiger partial charge in [0.15, 0.2) is 0 Å². The fraction of sp³-hybridized carbons (Fsp3) is 0.294. The molecule has 2 aromatic rings. The molecule has 0 aliphatic heterocycles. The van der Waals surface area contributed by atoms with Crippen LogP contribution in [0, 0.1) is 5.82 Å². The Morgan fingerprint density at radius 2 is 2.04 bits per heavy atom. The van der Waals surface area contributed by atoms with E-state index in [4.69, 9.17) is 0 Å². The number of anilines is 1. The third kappa shape index (κ3) is 5.39. The van der Waals surface area contributed by atoms with Crippen LogP contribution in [0.3, 0.4) is 0 Å². The lowest BCUT2D eigenvalue weighted by Crippen LogP contribution is -2.51. The monoisotopic (exact) mass is 378 g/mol. The average Bonchev–Trinajstić information content (AvgIpc) is 3.12. The Bertz CT molecular complexity index is 742. The van der Waals surface area contributed by atoms with Crippen molar-refractivity contribution in [3.05, 3.63) is 52.5 Å². The van der Waals surface area contributed by atoms with Crippen molar-refractivity contribution < 1.29 is 24.0 Å². The zero-order valence-electron chi connectivity index (χ0n) is 14.3. The van der Waals surface area contributed by atoms with Gasteiger partial charge in [-0.3, -0.25) is 9.59 Å². The van der Waals surface area contributed by atoms with Crippen LogP contribution in [0.5, 0.6) is 0 Å². The van der Waals surface area contributed by atoms with E-state index in [1.165, 1.54) is 29.5 Å². The first-order valence-electron chi connectivity index (χ1n) is 8.13. The molecule has 0 aliphatic rings. The van der Waals surface area contributed by atoms with Crippen molar-refractivity contribution in [1.82, 2.24) is 5.32 Å². The molecule has 0 radical (unpaired) electrons. The van der Waals surface area contributed by atoms with Crippen molar-refractivity contribution in [1.29, 1.82) is 0 Å². The zero-order chi connectivity index (χ0) is 19.1. The molecule has 0 saturated carbocycles. The molecule has 0 spiro atoms. The minimum absolute atomic E-state index is 0.00781. The number of amides is 2. The number of halogens is 1. The van der Waals surface area contributed by atoms with E-state index in [1.54, 1.807) is 13.0 Å². The van der Waals surface area contributed by atoms with E-state index in [0.717, 1.165) is 10.5 Å². The van der Waals surface area contributed by atoms with Gasteiger partial charge in [-0.1, -0.05) is 19.1 Å². The number of carbonyl (C=O) groups excluding carboxylic acids is 2. The molecule has 0 fully saturated rings. The van der Waals surface area contributed by atoms with Gasteiger partial charge in [0.1, 0.15) is 12.4 Å². The Balaban J connectivity index is 2.10. The van der Waals surface area contributed by atoms with E-state index in [9.17, 15) is 24.0 Å². The second kappa shape index (κ2) is 9.47. The van der Waals surface area contributed by atoms with Crippen molar-refractivity contribution in [2.24, 2.45) is 0 Å². The minimum atomic E-state index is -1.76. The number of hydrogen-bond donors (Lipinski definition) is 3. The fourth-order valence-corrected chi connectivity index (χ4v) is 3.14. The van der Waals surface area contributed by atoms with E-state index in [2.05, 4.69) is 5.32 Å². The fourth-order valence-electron chi connectivity index (χ4n) is 2.46. The molecule has 0 bridgehead atoms. The van der Waals surface area contributed by atoms with Crippen LogP contribution in [0.1, 0.15) is 18.9 Å². The lowest BCUT2D eigenvalue weighted by atomic mass is 9.76. The Labute approximate surface area is 155 Å². The van der Waals surface area contributed by atoms with E-state index >= 15 is 0 Å². The number of nitrogens with one attached hydrogen (secondary N) is 1.